The molecule has 1 rings (SSSR count). The SMILES string of the molecule is CCC(F)(F)c1cc(F)c(F)cc1O. The van der Waals surface area contributed by atoms with Crippen molar-refractivity contribution in [2.75, 3.05) is 0 Å². The van der Waals surface area contributed by atoms with Gasteiger partial charge < -0.3 is 5.11 Å². The Bertz CT molecular complexity index is 349. The topological polar surface area (TPSA) is 20.2 Å². The molecule has 0 spiro atoms. The van der Waals surface area contributed by atoms with E-state index in [0.29, 0.717) is 12.1 Å². The molecule has 0 atom stereocenters. The molecule has 0 unspecified atom stereocenters. The van der Waals surface area contributed by atoms with Crippen LogP contribution in [0.3, 0.4) is 0 Å². The molecule has 0 saturated heterocycles. The van der Waals surface area contributed by atoms with Gasteiger partial charge in [0.05, 0.1) is 5.56 Å². The van der Waals surface area contributed by atoms with Crippen molar-refractivity contribution in [3.8, 4) is 5.75 Å². The summed E-state index contributed by atoms with van der Waals surface area (Å²) in [6, 6.07) is 0.655. The van der Waals surface area contributed by atoms with Crippen LogP contribution in [0.15, 0.2) is 12.1 Å². The fraction of sp³-hybridized carbons (Fsp3) is 0.333. The van der Waals surface area contributed by atoms with Crippen molar-refractivity contribution < 1.29 is 22.7 Å². The van der Waals surface area contributed by atoms with E-state index in [1.165, 1.54) is 6.92 Å². The summed E-state index contributed by atoms with van der Waals surface area (Å²) in [6.45, 7) is 1.18. The van der Waals surface area contributed by atoms with E-state index in [-0.39, 0.29) is 0 Å². The number of rotatable bonds is 2. The molecule has 5 heteroatoms. The van der Waals surface area contributed by atoms with Gasteiger partial charge in [-0.15, -0.1) is 0 Å². The van der Waals surface area contributed by atoms with Crippen molar-refractivity contribution >= 4 is 0 Å². The summed E-state index contributed by atoms with van der Waals surface area (Å²) in [6.07, 6.45) is -0.592. The molecule has 0 aliphatic rings. The van der Waals surface area contributed by atoms with E-state index >= 15 is 0 Å². The molecule has 0 radical (unpaired) electrons. The normalized spacial score (nSPS) is 11.8. The molecule has 0 aliphatic carbocycles. The van der Waals surface area contributed by atoms with Gasteiger partial charge in [0.2, 0.25) is 0 Å². The number of alkyl halides is 2. The zero-order valence-electron chi connectivity index (χ0n) is 7.32. The third-order valence-corrected chi connectivity index (χ3v) is 1.88. The number of hydrogen-bond acceptors (Lipinski definition) is 1. The number of hydrogen-bond donors (Lipinski definition) is 1. The van der Waals surface area contributed by atoms with Crippen LogP contribution in [0.5, 0.6) is 5.75 Å². The van der Waals surface area contributed by atoms with Crippen molar-refractivity contribution in [1.82, 2.24) is 0 Å². The quantitative estimate of drug-likeness (QED) is 0.740. The van der Waals surface area contributed by atoms with Crippen molar-refractivity contribution in [3.63, 3.8) is 0 Å². The summed E-state index contributed by atoms with van der Waals surface area (Å²) < 4.78 is 51.1. The van der Waals surface area contributed by atoms with Crippen LogP contribution in [0.4, 0.5) is 17.6 Å². The molecule has 0 saturated carbocycles. The number of phenols is 1. The van der Waals surface area contributed by atoms with Crippen LogP contribution in [-0.2, 0) is 5.92 Å². The van der Waals surface area contributed by atoms with Gasteiger partial charge in [-0.1, -0.05) is 6.92 Å². The molecule has 0 aliphatic heterocycles. The van der Waals surface area contributed by atoms with Crippen molar-refractivity contribution in [2.45, 2.75) is 19.3 Å². The summed E-state index contributed by atoms with van der Waals surface area (Å²) >= 11 is 0. The van der Waals surface area contributed by atoms with Crippen LogP contribution in [0, 0.1) is 11.6 Å². The second-order valence-corrected chi connectivity index (χ2v) is 2.84. The molecule has 1 nitrogen and oxygen atoms in total. The minimum Gasteiger partial charge on any atom is -0.507 e. The minimum absolute atomic E-state index is 0.314. The predicted octanol–water partition coefficient (Wildman–Crippen LogP) is 3.17. The van der Waals surface area contributed by atoms with Crippen LogP contribution in [-0.4, -0.2) is 5.11 Å². The van der Waals surface area contributed by atoms with Gasteiger partial charge in [-0.2, -0.15) is 0 Å². The number of aromatic hydroxyl groups is 1. The maximum Gasteiger partial charge on any atom is 0.276 e. The monoisotopic (exact) mass is 208 g/mol. The van der Waals surface area contributed by atoms with E-state index in [1.54, 1.807) is 0 Å². The molecule has 0 fully saturated rings. The van der Waals surface area contributed by atoms with Gasteiger partial charge in [0.1, 0.15) is 5.75 Å². The summed E-state index contributed by atoms with van der Waals surface area (Å²) in [5, 5.41) is 9.00. The first-order chi connectivity index (χ1) is 6.38. The summed E-state index contributed by atoms with van der Waals surface area (Å²) in [5.41, 5.74) is -0.890. The average Bonchev–Trinajstić information content (AvgIpc) is 2.11. The van der Waals surface area contributed by atoms with E-state index in [9.17, 15) is 17.6 Å². The lowest BCUT2D eigenvalue weighted by Crippen LogP contribution is -2.12. The Kier molecular flexibility index (Phi) is 2.69. The standard InChI is InChI=1S/C9H8F4O/c1-2-9(12,13)5-3-6(10)7(11)4-8(5)14/h3-4,14H,2H2,1H3. The molecule has 0 amide bonds. The largest absolute Gasteiger partial charge is 0.507 e. The summed E-state index contributed by atoms with van der Waals surface area (Å²) in [4.78, 5) is 0. The molecule has 14 heavy (non-hydrogen) atoms. The zero-order chi connectivity index (χ0) is 10.9. The molecule has 1 N–H and O–H groups in total. The van der Waals surface area contributed by atoms with Crippen molar-refractivity contribution in [1.29, 1.82) is 0 Å². The lowest BCUT2D eigenvalue weighted by atomic mass is 10.0. The second kappa shape index (κ2) is 3.48. The Balaban J connectivity index is 3.29. The van der Waals surface area contributed by atoms with E-state index in [2.05, 4.69) is 0 Å². The first-order valence-electron chi connectivity index (χ1n) is 3.94. The average molecular weight is 208 g/mol. The first kappa shape index (κ1) is 10.8. The molecular formula is C9H8F4O. The van der Waals surface area contributed by atoms with Crippen molar-refractivity contribution in [2.24, 2.45) is 0 Å². The van der Waals surface area contributed by atoms with Gasteiger partial charge in [0, 0.05) is 12.5 Å². The van der Waals surface area contributed by atoms with E-state index < -0.39 is 35.3 Å². The van der Waals surface area contributed by atoms with E-state index in [0.717, 1.165) is 0 Å². The fourth-order valence-corrected chi connectivity index (χ4v) is 1.02. The Morgan fingerprint density at radius 3 is 2.21 bits per heavy atom. The first-order valence-corrected chi connectivity index (χ1v) is 3.94. The van der Waals surface area contributed by atoms with Crippen LogP contribution in [0.2, 0.25) is 0 Å². The molecule has 1 aromatic rings. The fourth-order valence-electron chi connectivity index (χ4n) is 1.02. The highest BCUT2D eigenvalue weighted by Gasteiger charge is 2.33. The van der Waals surface area contributed by atoms with Gasteiger partial charge in [0.15, 0.2) is 11.6 Å². The number of benzene rings is 1. The Morgan fingerprint density at radius 2 is 1.71 bits per heavy atom. The van der Waals surface area contributed by atoms with Crippen LogP contribution in [0.25, 0.3) is 0 Å². The number of phenolic OH excluding ortho intramolecular Hbond substituents is 1. The van der Waals surface area contributed by atoms with Crippen LogP contribution in [0.1, 0.15) is 18.9 Å². The van der Waals surface area contributed by atoms with Gasteiger partial charge in [-0.25, -0.2) is 17.6 Å². The highest BCUT2D eigenvalue weighted by atomic mass is 19.3. The molecular weight excluding hydrogens is 200 g/mol. The van der Waals surface area contributed by atoms with Crippen LogP contribution < -0.4 is 0 Å². The molecule has 1 aromatic carbocycles. The predicted molar refractivity (Wildman–Crippen MR) is 42.2 cm³/mol. The van der Waals surface area contributed by atoms with E-state index in [1.807, 2.05) is 0 Å². The molecule has 0 bridgehead atoms. The lowest BCUT2D eigenvalue weighted by Gasteiger charge is -2.15. The van der Waals surface area contributed by atoms with Crippen molar-refractivity contribution in [3.05, 3.63) is 29.3 Å². The van der Waals surface area contributed by atoms with E-state index in [4.69, 9.17) is 5.11 Å². The maximum atomic E-state index is 13.0. The maximum absolute atomic E-state index is 13.0. The lowest BCUT2D eigenvalue weighted by molar-refractivity contribution is -0.0108. The Hall–Kier alpha value is -1.26. The highest BCUT2D eigenvalue weighted by molar-refractivity contribution is 5.36. The molecule has 0 aromatic heterocycles. The van der Waals surface area contributed by atoms with Gasteiger partial charge in [0.25, 0.3) is 5.92 Å². The highest BCUT2D eigenvalue weighted by Crippen LogP contribution is 2.37. The molecule has 0 heterocycles. The third kappa shape index (κ3) is 1.81. The zero-order valence-corrected chi connectivity index (χ0v) is 7.32. The van der Waals surface area contributed by atoms with Gasteiger partial charge in [-0.05, 0) is 6.07 Å². The van der Waals surface area contributed by atoms with Crippen LogP contribution >= 0.6 is 0 Å². The Labute approximate surface area is 78.0 Å². The van der Waals surface area contributed by atoms with Gasteiger partial charge in [-0.3, -0.25) is 0 Å². The minimum atomic E-state index is -3.35. The Morgan fingerprint density at radius 1 is 1.21 bits per heavy atom. The number of halogens is 4. The third-order valence-electron chi connectivity index (χ3n) is 1.88. The summed E-state index contributed by atoms with van der Waals surface area (Å²) in [7, 11) is 0. The summed E-state index contributed by atoms with van der Waals surface area (Å²) in [5.74, 6) is -7.03. The smallest absolute Gasteiger partial charge is 0.276 e. The second-order valence-electron chi connectivity index (χ2n) is 2.84. The van der Waals surface area contributed by atoms with Gasteiger partial charge >= 0.3 is 0 Å². The molecule has 78 valence electrons.